The van der Waals surface area contributed by atoms with Gasteiger partial charge in [-0.3, -0.25) is 0 Å². The van der Waals surface area contributed by atoms with Crippen LogP contribution < -0.4 is 15.2 Å². The number of halogens is 1. The molecule has 0 aliphatic carbocycles. The fourth-order valence-electron chi connectivity index (χ4n) is 2.08. The van der Waals surface area contributed by atoms with Gasteiger partial charge in [-0.05, 0) is 42.0 Å². The lowest BCUT2D eigenvalue weighted by Gasteiger charge is -2.10. The molecule has 3 aromatic rings. The van der Waals surface area contributed by atoms with E-state index in [9.17, 15) is 4.39 Å². The van der Waals surface area contributed by atoms with E-state index in [0.29, 0.717) is 18.1 Å². The Labute approximate surface area is 134 Å². The molecule has 0 aliphatic rings. The minimum Gasteiger partial charge on any atom is -0.489 e. The molecule has 0 saturated heterocycles. The average Bonchev–Trinajstić information content (AvgIpc) is 2.58. The SMILES string of the molecule is Nc1cc(F)ccc1Oc1ccc(OCc2ccccc2)cc1. The predicted molar refractivity (Wildman–Crippen MR) is 88.1 cm³/mol. The van der Waals surface area contributed by atoms with Gasteiger partial charge in [0.1, 0.15) is 23.9 Å². The van der Waals surface area contributed by atoms with Crippen LogP contribution >= 0.6 is 0 Å². The number of benzene rings is 3. The standard InChI is InChI=1S/C19H16FNO2/c20-15-6-11-19(18(21)12-15)23-17-9-7-16(8-10-17)22-13-14-4-2-1-3-5-14/h1-12H,13,21H2. The average molecular weight is 309 g/mol. The van der Waals surface area contributed by atoms with Crippen molar-refractivity contribution < 1.29 is 13.9 Å². The Morgan fingerprint density at radius 3 is 2.22 bits per heavy atom. The number of rotatable bonds is 5. The van der Waals surface area contributed by atoms with Crippen molar-refractivity contribution in [2.24, 2.45) is 0 Å². The van der Waals surface area contributed by atoms with Crippen LogP contribution in [0.4, 0.5) is 10.1 Å². The number of anilines is 1. The van der Waals surface area contributed by atoms with Crippen LogP contribution in [-0.2, 0) is 6.61 Å². The molecule has 0 radical (unpaired) electrons. The third-order valence-electron chi connectivity index (χ3n) is 3.27. The topological polar surface area (TPSA) is 44.5 Å². The Hall–Kier alpha value is -3.01. The van der Waals surface area contributed by atoms with Crippen LogP contribution in [0, 0.1) is 5.82 Å². The fraction of sp³-hybridized carbons (Fsp3) is 0.0526. The summed E-state index contributed by atoms with van der Waals surface area (Å²) in [6.45, 7) is 0.506. The first-order valence-electron chi connectivity index (χ1n) is 7.20. The zero-order valence-corrected chi connectivity index (χ0v) is 12.4. The summed E-state index contributed by atoms with van der Waals surface area (Å²) in [5.74, 6) is 1.38. The first-order chi connectivity index (χ1) is 11.2. The third kappa shape index (κ3) is 4.01. The van der Waals surface area contributed by atoms with Crippen LogP contribution in [-0.4, -0.2) is 0 Å². The van der Waals surface area contributed by atoms with Gasteiger partial charge in [0.2, 0.25) is 0 Å². The molecule has 2 N–H and O–H groups in total. The van der Waals surface area contributed by atoms with Crippen molar-refractivity contribution >= 4 is 5.69 Å². The van der Waals surface area contributed by atoms with Gasteiger partial charge in [0, 0.05) is 6.07 Å². The van der Waals surface area contributed by atoms with E-state index >= 15 is 0 Å². The van der Waals surface area contributed by atoms with E-state index < -0.39 is 0 Å². The lowest BCUT2D eigenvalue weighted by molar-refractivity contribution is 0.306. The van der Waals surface area contributed by atoms with E-state index in [4.69, 9.17) is 15.2 Å². The zero-order valence-electron chi connectivity index (χ0n) is 12.4. The summed E-state index contributed by atoms with van der Waals surface area (Å²) in [6, 6.07) is 21.2. The summed E-state index contributed by atoms with van der Waals surface area (Å²) in [7, 11) is 0. The van der Waals surface area contributed by atoms with E-state index in [1.165, 1.54) is 18.2 Å². The highest BCUT2D eigenvalue weighted by Gasteiger charge is 2.04. The van der Waals surface area contributed by atoms with Crippen molar-refractivity contribution in [2.75, 3.05) is 5.73 Å². The molecule has 0 atom stereocenters. The molecule has 116 valence electrons. The highest BCUT2D eigenvalue weighted by atomic mass is 19.1. The molecule has 0 aliphatic heterocycles. The van der Waals surface area contributed by atoms with Crippen molar-refractivity contribution in [3.63, 3.8) is 0 Å². The van der Waals surface area contributed by atoms with Gasteiger partial charge in [0.05, 0.1) is 5.69 Å². The van der Waals surface area contributed by atoms with E-state index in [0.717, 1.165) is 11.3 Å². The number of ether oxygens (including phenoxy) is 2. The summed E-state index contributed by atoms with van der Waals surface area (Å²) < 4.78 is 24.4. The molecule has 3 nitrogen and oxygen atoms in total. The molecular formula is C19H16FNO2. The van der Waals surface area contributed by atoms with Crippen LogP contribution in [0.25, 0.3) is 0 Å². The number of nitrogens with two attached hydrogens (primary N) is 1. The summed E-state index contributed by atoms with van der Waals surface area (Å²) in [6.07, 6.45) is 0. The molecule has 3 aromatic carbocycles. The van der Waals surface area contributed by atoms with Crippen LogP contribution in [0.1, 0.15) is 5.56 Å². The normalized spacial score (nSPS) is 10.3. The minimum atomic E-state index is -0.389. The van der Waals surface area contributed by atoms with Crippen molar-refractivity contribution in [3.05, 3.63) is 84.2 Å². The molecule has 0 amide bonds. The van der Waals surface area contributed by atoms with Crippen LogP contribution in [0.15, 0.2) is 72.8 Å². The van der Waals surface area contributed by atoms with Crippen LogP contribution in [0.3, 0.4) is 0 Å². The highest BCUT2D eigenvalue weighted by Crippen LogP contribution is 2.29. The van der Waals surface area contributed by atoms with E-state index in [1.807, 2.05) is 42.5 Å². The summed E-state index contributed by atoms with van der Waals surface area (Å²) in [4.78, 5) is 0. The highest BCUT2D eigenvalue weighted by molar-refractivity contribution is 5.54. The Balaban J connectivity index is 1.63. The monoisotopic (exact) mass is 309 g/mol. The summed E-state index contributed by atoms with van der Waals surface area (Å²) in [5, 5.41) is 0. The van der Waals surface area contributed by atoms with Gasteiger partial charge in [-0.1, -0.05) is 30.3 Å². The van der Waals surface area contributed by atoms with Gasteiger partial charge in [-0.25, -0.2) is 4.39 Å². The molecule has 0 unspecified atom stereocenters. The molecule has 23 heavy (non-hydrogen) atoms. The quantitative estimate of drug-likeness (QED) is 0.690. The van der Waals surface area contributed by atoms with Gasteiger partial charge in [0.25, 0.3) is 0 Å². The number of nitrogen functional groups attached to an aromatic ring is 1. The Bertz CT molecular complexity index is 773. The molecule has 4 heteroatoms. The Morgan fingerprint density at radius 1 is 0.826 bits per heavy atom. The van der Waals surface area contributed by atoms with Gasteiger partial charge in [-0.2, -0.15) is 0 Å². The van der Waals surface area contributed by atoms with Crippen molar-refractivity contribution in [2.45, 2.75) is 6.61 Å². The Kier molecular flexibility index (Phi) is 4.43. The fourth-order valence-corrected chi connectivity index (χ4v) is 2.08. The molecule has 0 spiro atoms. The van der Waals surface area contributed by atoms with Gasteiger partial charge >= 0.3 is 0 Å². The second-order valence-corrected chi connectivity index (χ2v) is 5.03. The molecule has 0 aromatic heterocycles. The van der Waals surface area contributed by atoms with Gasteiger partial charge in [-0.15, -0.1) is 0 Å². The van der Waals surface area contributed by atoms with Gasteiger partial charge in [0.15, 0.2) is 5.75 Å². The van der Waals surface area contributed by atoms with E-state index in [-0.39, 0.29) is 11.5 Å². The summed E-state index contributed by atoms with van der Waals surface area (Å²) in [5.41, 5.74) is 7.08. The number of hydrogen-bond donors (Lipinski definition) is 1. The van der Waals surface area contributed by atoms with E-state index in [1.54, 1.807) is 12.1 Å². The largest absolute Gasteiger partial charge is 0.489 e. The molecule has 0 bridgehead atoms. The van der Waals surface area contributed by atoms with Crippen molar-refractivity contribution in [1.82, 2.24) is 0 Å². The van der Waals surface area contributed by atoms with Crippen molar-refractivity contribution in [3.8, 4) is 17.2 Å². The summed E-state index contributed by atoms with van der Waals surface area (Å²) >= 11 is 0. The molecule has 0 saturated carbocycles. The van der Waals surface area contributed by atoms with Crippen LogP contribution in [0.5, 0.6) is 17.2 Å². The minimum absolute atomic E-state index is 0.259. The number of hydrogen-bond acceptors (Lipinski definition) is 3. The maximum atomic E-state index is 13.0. The smallest absolute Gasteiger partial charge is 0.150 e. The van der Waals surface area contributed by atoms with Crippen molar-refractivity contribution in [1.29, 1.82) is 0 Å². The van der Waals surface area contributed by atoms with E-state index in [2.05, 4.69) is 0 Å². The van der Waals surface area contributed by atoms with Crippen LogP contribution in [0.2, 0.25) is 0 Å². The molecule has 0 fully saturated rings. The third-order valence-corrected chi connectivity index (χ3v) is 3.27. The first kappa shape index (κ1) is 14.9. The maximum Gasteiger partial charge on any atom is 0.150 e. The first-order valence-corrected chi connectivity index (χ1v) is 7.20. The molecule has 0 heterocycles. The second kappa shape index (κ2) is 6.83. The molecular weight excluding hydrogens is 293 g/mol. The second-order valence-electron chi connectivity index (χ2n) is 5.03. The lowest BCUT2D eigenvalue weighted by atomic mass is 10.2. The Morgan fingerprint density at radius 2 is 1.52 bits per heavy atom. The predicted octanol–water partition coefficient (Wildman–Crippen LogP) is 4.78. The maximum absolute atomic E-state index is 13.0. The molecule has 3 rings (SSSR count). The zero-order chi connectivity index (χ0) is 16.1. The van der Waals surface area contributed by atoms with Gasteiger partial charge < -0.3 is 15.2 Å². The lowest BCUT2D eigenvalue weighted by Crippen LogP contribution is -1.95.